The van der Waals surface area contributed by atoms with Crippen LogP contribution in [0.1, 0.15) is 52.7 Å². The molecule has 0 amide bonds. The van der Waals surface area contributed by atoms with Crippen molar-refractivity contribution in [2.75, 3.05) is 0 Å². The lowest BCUT2D eigenvalue weighted by Crippen LogP contribution is -2.17. The van der Waals surface area contributed by atoms with Crippen LogP contribution in [0.3, 0.4) is 0 Å². The van der Waals surface area contributed by atoms with Crippen LogP contribution in [0.2, 0.25) is 0 Å². The molecule has 2 nitrogen and oxygen atoms in total. The highest BCUT2D eigenvalue weighted by Gasteiger charge is 2.26. The van der Waals surface area contributed by atoms with Gasteiger partial charge in [-0.15, -0.1) is 0 Å². The number of fused-ring (bicyclic) bond motifs is 1. The van der Waals surface area contributed by atoms with E-state index in [1.165, 1.54) is 0 Å². The Kier molecular flexibility index (Phi) is 4.16. The van der Waals surface area contributed by atoms with E-state index in [4.69, 9.17) is 4.74 Å². The third-order valence-electron chi connectivity index (χ3n) is 3.67. The smallest absolute Gasteiger partial charge is 0.387 e. The Morgan fingerprint density at radius 3 is 2.05 bits per heavy atom. The van der Waals surface area contributed by atoms with Gasteiger partial charge in [0.2, 0.25) is 0 Å². The largest absolute Gasteiger partial charge is 0.434 e. The van der Waals surface area contributed by atoms with Gasteiger partial charge in [-0.3, -0.25) is 4.98 Å². The maximum Gasteiger partial charge on any atom is 0.387 e. The molecule has 2 aromatic rings. The zero-order chi connectivity index (χ0) is 16.7. The van der Waals surface area contributed by atoms with Crippen LogP contribution in [-0.4, -0.2) is 11.6 Å². The van der Waals surface area contributed by atoms with Crippen molar-refractivity contribution < 1.29 is 13.5 Å². The summed E-state index contributed by atoms with van der Waals surface area (Å²) in [5.74, 6) is 0.235. The summed E-state index contributed by atoms with van der Waals surface area (Å²) in [5, 5.41) is 0.639. The molecule has 0 unspecified atom stereocenters. The molecule has 0 bridgehead atoms. The summed E-state index contributed by atoms with van der Waals surface area (Å²) >= 11 is 0. The van der Waals surface area contributed by atoms with Gasteiger partial charge in [0.05, 0.1) is 5.52 Å². The molecular weight excluding hydrogens is 284 g/mol. The van der Waals surface area contributed by atoms with Crippen LogP contribution >= 0.6 is 0 Å². The van der Waals surface area contributed by atoms with Crippen LogP contribution in [0.5, 0.6) is 5.75 Å². The minimum Gasteiger partial charge on any atom is -0.434 e. The number of alkyl halides is 2. The molecule has 0 saturated heterocycles. The average molecular weight is 307 g/mol. The zero-order valence-electron chi connectivity index (χ0n) is 14.0. The second kappa shape index (κ2) is 5.49. The second-order valence-corrected chi connectivity index (χ2v) is 7.58. The fourth-order valence-corrected chi connectivity index (χ4v) is 2.55. The van der Waals surface area contributed by atoms with Crippen LogP contribution in [0, 0.1) is 0 Å². The van der Waals surface area contributed by atoms with E-state index >= 15 is 0 Å². The van der Waals surface area contributed by atoms with Gasteiger partial charge >= 0.3 is 6.61 Å². The minimum absolute atomic E-state index is 0.127. The molecule has 0 atom stereocenters. The molecule has 2 rings (SSSR count). The van der Waals surface area contributed by atoms with Crippen molar-refractivity contribution in [3.05, 3.63) is 35.5 Å². The molecule has 0 saturated carbocycles. The van der Waals surface area contributed by atoms with Gasteiger partial charge in [-0.2, -0.15) is 8.78 Å². The summed E-state index contributed by atoms with van der Waals surface area (Å²) in [7, 11) is 0. The topological polar surface area (TPSA) is 22.1 Å². The summed E-state index contributed by atoms with van der Waals surface area (Å²) in [6.45, 7) is 9.26. The maximum atomic E-state index is 12.9. The van der Waals surface area contributed by atoms with Crippen LogP contribution in [0.25, 0.3) is 10.9 Å². The van der Waals surface area contributed by atoms with Crippen molar-refractivity contribution in [1.82, 2.24) is 4.98 Å². The number of para-hydroxylation sites is 1. The van der Waals surface area contributed by atoms with Crippen LogP contribution < -0.4 is 4.74 Å². The number of benzene rings is 1. The van der Waals surface area contributed by atoms with Gasteiger partial charge in [0.15, 0.2) is 0 Å². The van der Waals surface area contributed by atoms with Crippen molar-refractivity contribution in [2.45, 2.75) is 59.0 Å². The standard InChI is InChI=1S/C18H23F2NO/c1-17(2,3)12-9-7-8-11-14(12)21-10-13(18(4,5)6)15(11)22-16(19)20/h7-10,16H,1-6H3. The van der Waals surface area contributed by atoms with E-state index in [-0.39, 0.29) is 16.6 Å². The first-order chi connectivity index (χ1) is 10.0. The number of halogens is 2. The van der Waals surface area contributed by atoms with Crippen molar-refractivity contribution in [3.8, 4) is 5.75 Å². The number of aromatic nitrogens is 1. The molecular formula is C18H23F2NO. The van der Waals surface area contributed by atoms with Crippen LogP contribution in [-0.2, 0) is 10.8 Å². The highest BCUT2D eigenvalue weighted by Crippen LogP contribution is 2.39. The van der Waals surface area contributed by atoms with Gasteiger partial charge < -0.3 is 4.74 Å². The summed E-state index contributed by atoms with van der Waals surface area (Å²) in [4.78, 5) is 4.56. The molecule has 0 aliphatic carbocycles. The lowest BCUT2D eigenvalue weighted by Gasteiger charge is -2.26. The van der Waals surface area contributed by atoms with Gasteiger partial charge in [-0.25, -0.2) is 0 Å². The summed E-state index contributed by atoms with van der Waals surface area (Å²) in [6.07, 6.45) is 1.66. The molecule has 4 heteroatoms. The summed E-state index contributed by atoms with van der Waals surface area (Å²) < 4.78 is 30.7. The Morgan fingerprint density at radius 2 is 1.55 bits per heavy atom. The fraction of sp³-hybridized carbons (Fsp3) is 0.500. The van der Waals surface area contributed by atoms with Gasteiger partial charge in [-0.05, 0) is 22.5 Å². The van der Waals surface area contributed by atoms with Gasteiger partial charge in [0, 0.05) is 17.1 Å². The average Bonchev–Trinajstić information content (AvgIpc) is 2.35. The van der Waals surface area contributed by atoms with E-state index in [2.05, 4.69) is 25.8 Å². The monoisotopic (exact) mass is 307 g/mol. The SMILES string of the molecule is CC(C)(C)c1cnc2c(C(C)(C)C)cccc2c1OC(F)F. The third-order valence-corrected chi connectivity index (χ3v) is 3.67. The van der Waals surface area contributed by atoms with Gasteiger partial charge in [0.1, 0.15) is 5.75 Å². The number of nitrogens with zero attached hydrogens (tertiary/aromatic N) is 1. The molecule has 0 N–H and O–H groups in total. The van der Waals surface area contributed by atoms with E-state index in [0.717, 1.165) is 11.1 Å². The van der Waals surface area contributed by atoms with E-state index in [0.29, 0.717) is 10.9 Å². The molecule has 1 aromatic carbocycles. The summed E-state index contributed by atoms with van der Waals surface area (Å²) in [6, 6.07) is 5.65. The predicted molar refractivity (Wildman–Crippen MR) is 85.8 cm³/mol. The summed E-state index contributed by atoms with van der Waals surface area (Å²) in [5.41, 5.74) is 1.97. The fourth-order valence-electron chi connectivity index (χ4n) is 2.55. The number of hydrogen-bond acceptors (Lipinski definition) is 2. The molecule has 1 aromatic heterocycles. The van der Waals surface area contributed by atoms with Crippen LogP contribution in [0.4, 0.5) is 8.78 Å². The Hall–Kier alpha value is -1.71. The first-order valence-corrected chi connectivity index (χ1v) is 7.39. The minimum atomic E-state index is -2.86. The Labute approximate surface area is 130 Å². The van der Waals surface area contributed by atoms with Crippen LogP contribution in [0.15, 0.2) is 24.4 Å². The van der Waals surface area contributed by atoms with Crippen molar-refractivity contribution in [1.29, 1.82) is 0 Å². The van der Waals surface area contributed by atoms with E-state index < -0.39 is 6.61 Å². The number of ether oxygens (including phenoxy) is 1. The maximum absolute atomic E-state index is 12.9. The first-order valence-electron chi connectivity index (χ1n) is 7.39. The van der Waals surface area contributed by atoms with Crippen molar-refractivity contribution in [3.63, 3.8) is 0 Å². The predicted octanol–water partition coefficient (Wildman–Crippen LogP) is 5.43. The van der Waals surface area contributed by atoms with E-state index in [1.54, 1.807) is 12.3 Å². The molecule has 1 heterocycles. The van der Waals surface area contributed by atoms with Crippen molar-refractivity contribution in [2.24, 2.45) is 0 Å². The molecule has 0 spiro atoms. The number of pyridine rings is 1. The van der Waals surface area contributed by atoms with Gasteiger partial charge in [0.25, 0.3) is 0 Å². The molecule has 0 radical (unpaired) electrons. The number of hydrogen-bond donors (Lipinski definition) is 0. The molecule has 120 valence electrons. The quantitative estimate of drug-likeness (QED) is 0.738. The Morgan fingerprint density at radius 1 is 0.955 bits per heavy atom. The third kappa shape index (κ3) is 3.21. The lowest BCUT2D eigenvalue weighted by molar-refractivity contribution is -0.0498. The van der Waals surface area contributed by atoms with Gasteiger partial charge in [-0.1, -0.05) is 53.7 Å². The Bertz CT molecular complexity index is 682. The first kappa shape index (κ1) is 16.7. The lowest BCUT2D eigenvalue weighted by atomic mass is 9.83. The number of rotatable bonds is 2. The molecule has 0 aliphatic heterocycles. The van der Waals surface area contributed by atoms with Crippen molar-refractivity contribution >= 4 is 10.9 Å². The highest BCUT2D eigenvalue weighted by molar-refractivity contribution is 5.89. The molecule has 0 aliphatic rings. The highest BCUT2D eigenvalue weighted by atomic mass is 19.3. The normalized spacial score (nSPS) is 13.0. The Balaban J connectivity index is 2.83. The van der Waals surface area contributed by atoms with E-state index in [9.17, 15) is 8.78 Å². The molecule has 0 fully saturated rings. The second-order valence-electron chi connectivity index (χ2n) is 7.58. The molecule has 22 heavy (non-hydrogen) atoms. The zero-order valence-corrected chi connectivity index (χ0v) is 14.0. The van der Waals surface area contributed by atoms with E-state index in [1.807, 2.05) is 32.9 Å².